The molecule has 2 aromatic rings. The van der Waals surface area contributed by atoms with Gasteiger partial charge in [0.15, 0.2) is 0 Å². The summed E-state index contributed by atoms with van der Waals surface area (Å²) in [4.78, 5) is 33.0. The van der Waals surface area contributed by atoms with Crippen molar-refractivity contribution in [2.45, 2.75) is 19.4 Å². The lowest BCUT2D eigenvalue weighted by atomic mass is 9.93. The van der Waals surface area contributed by atoms with Gasteiger partial charge in [-0.1, -0.05) is 24.3 Å². The number of amides is 2. The highest BCUT2D eigenvalue weighted by atomic mass is 16.5. The van der Waals surface area contributed by atoms with Crippen molar-refractivity contribution in [3.05, 3.63) is 59.9 Å². The van der Waals surface area contributed by atoms with Crippen LogP contribution in [0.4, 0.5) is 11.5 Å². The predicted molar refractivity (Wildman–Crippen MR) is 111 cm³/mol. The van der Waals surface area contributed by atoms with E-state index in [2.05, 4.69) is 15.2 Å². The number of nitrogens with zero attached hydrogens (tertiary/aromatic N) is 3. The third-order valence-corrected chi connectivity index (χ3v) is 5.21. The number of nitrogens with one attached hydrogen (secondary N) is 1. The summed E-state index contributed by atoms with van der Waals surface area (Å²) in [5, 5.41) is 2.90. The number of carbonyl (C=O) groups excluding carboxylic acids is 2. The number of fused-ring (bicyclic) bond motifs is 1. The molecule has 2 amide bonds. The number of hydrogen-bond acceptors (Lipinski definition) is 5. The van der Waals surface area contributed by atoms with Gasteiger partial charge in [-0.25, -0.2) is 4.98 Å². The molecule has 1 unspecified atom stereocenters. The molecule has 1 saturated heterocycles. The minimum Gasteiger partial charge on any atom is -0.378 e. The van der Waals surface area contributed by atoms with Gasteiger partial charge < -0.3 is 19.9 Å². The van der Waals surface area contributed by atoms with E-state index >= 15 is 0 Å². The fourth-order valence-electron chi connectivity index (χ4n) is 3.74. The van der Waals surface area contributed by atoms with Crippen molar-refractivity contribution < 1.29 is 14.3 Å². The number of carbonyl (C=O) groups is 2. The number of ether oxygens (including phenoxy) is 1. The average Bonchev–Trinajstić information content (AvgIpc) is 2.75. The van der Waals surface area contributed by atoms with E-state index in [9.17, 15) is 9.59 Å². The Hall–Kier alpha value is -3.19. The standard InChI is InChI=1S/C22H24N4O3/c1-16(27)26-9-8-17-4-2-3-5-19(17)20(26)14-22(28)24-18-6-7-21(23-15-18)25-10-12-29-13-11-25/h2-9,15,20H,10-14H2,1H3,(H,24,28). The predicted octanol–water partition coefficient (Wildman–Crippen LogP) is 2.82. The van der Waals surface area contributed by atoms with Crippen LogP contribution in [0.25, 0.3) is 6.08 Å². The van der Waals surface area contributed by atoms with Crippen molar-refractivity contribution in [3.8, 4) is 0 Å². The number of morpholine rings is 1. The fraction of sp³-hybridized carbons (Fsp3) is 0.318. The van der Waals surface area contributed by atoms with Crippen LogP contribution in [-0.4, -0.2) is 48.0 Å². The second-order valence-corrected chi connectivity index (χ2v) is 7.14. The number of benzene rings is 1. The molecule has 1 aromatic carbocycles. The van der Waals surface area contributed by atoms with E-state index < -0.39 is 0 Å². The molecule has 3 heterocycles. The van der Waals surface area contributed by atoms with Crippen LogP contribution < -0.4 is 10.2 Å². The van der Waals surface area contributed by atoms with Crippen molar-refractivity contribution in [1.29, 1.82) is 0 Å². The molecule has 0 spiro atoms. The summed E-state index contributed by atoms with van der Waals surface area (Å²) < 4.78 is 5.36. The van der Waals surface area contributed by atoms with Crippen molar-refractivity contribution >= 4 is 29.4 Å². The highest BCUT2D eigenvalue weighted by molar-refractivity contribution is 5.92. The molecule has 2 aliphatic heterocycles. The van der Waals surface area contributed by atoms with Crippen LogP contribution in [-0.2, 0) is 14.3 Å². The van der Waals surface area contributed by atoms with Crippen molar-refractivity contribution in [3.63, 3.8) is 0 Å². The maximum absolute atomic E-state index is 12.7. The normalized spacial score (nSPS) is 18.3. The molecule has 1 aromatic heterocycles. The SMILES string of the molecule is CC(=O)N1C=Cc2ccccc2C1CC(=O)Nc1ccc(N2CCOCC2)nc1. The Morgan fingerprint density at radius 2 is 1.97 bits per heavy atom. The molecular weight excluding hydrogens is 368 g/mol. The number of rotatable bonds is 4. The van der Waals surface area contributed by atoms with Gasteiger partial charge in [0.25, 0.3) is 0 Å². The molecule has 0 aliphatic carbocycles. The molecule has 1 atom stereocenters. The quantitative estimate of drug-likeness (QED) is 0.866. The molecule has 0 radical (unpaired) electrons. The van der Waals surface area contributed by atoms with Gasteiger partial charge in [0.1, 0.15) is 5.82 Å². The molecule has 1 fully saturated rings. The maximum atomic E-state index is 12.7. The van der Waals surface area contributed by atoms with Crippen LogP contribution in [0.3, 0.4) is 0 Å². The smallest absolute Gasteiger partial charge is 0.226 e. The third kappa shape index (κ3) is 4.30. The Labute approximate surface area is 170 Å². The number of aromatic nitrogens is 1. The lowest BCUT2D eigenvalue weighted by Crippen LogP contribution is -2.36. The second-order valence-electron chi connectivity index (χ2n) is 7.14. The van der Waals surface area contributed by atoms with Gasteiger partial charge in [0.05, 0.1) is 37.6 Å². The van der Waals surface area contributed by atoms with E-state index in [4.69, 9.17) is 4.74 Å². The molecule has 2 aliphatic rings. The largest absolute Gasteiger partial charge is 0.378 e. The summed E-state index contributed by atoms with van der Waals surface area (Å²) in [6.45, 7) is 4.54. The van der Waals surface area contributed by atoms with E-state index in [1.54, 1.807) is 17.3 Å². The van der Waals surface area contributed by atoms with Crippen LogP contribution in [0.5, 0.6) is 0 Å². The molecule has 7 nitrogen and oxygen atoms in total. The summed E-state index contributed by atoms with van der Waals surface area (Å²) in [6, 6.07) is 11.3. The van der Waals surface area contributed by atoms with Gasteiger partial charge in [-0.3, -0.25) is 9.59 Å². The molecule has 0 saturated carbocycles. The first-order chi connectivity index (χ1) is 14.1. The van der Waals surface area contributed by atoms with E-state index in [0.717, 1.165) is 30.0 Å². The zero-order valence-corrected chi connectivity index (χ0v) is 16.4. The van der Waals surface area contributed by atoms with Crippen LogP contribution in [0.15, 0.2) is 48.8 Å². The van der Waals surface area contributed by atoms with Crippen molar-refractivity contribution in [2.24, 2.45) is 0 Å². The topological polar surface area (TPSA) is 74.8 Å². The van der Waals surface area contributed by atoms with Crippen LogP contribution in [0.2, 0.25) is 0 Å². The molecule has 4 rings (SSSR count). The van der Waals surface area contributed by atoms with E-state index in [-0.39, 0.29) is 24.3 Å². The Bertz CT molecular complexity index is 920. The zero-order chi connectivity index (χ0) is 20.2. The maximum Gasteiger partial charge on any atom is 0.226 e. The molecule has 29 heavy (non-hydrogen) atoms. The molecule has 0 bridgehead atoms. The van der Waals surface area contributed by atoms with E-state index in [1.165, 1.54) is 6.92 Å². The molecule has 150 valence electrons. The van der Waals surface area contributed by atoms with Gasteiger partial charge in [0.2, 0.25) is 11.8 Å². The minimum absolute atomic E-state index is 0.0925. The fourth-order valence-corrected chi connectivity index (χ4v) is 3.74. The molecular formula is C22H24N4O3. The Balaban J connectivity index is 1.44. The third-order valence-electron chi connectivity index (χ3n) is 5.21. The van der Waals surface area contributed by atoms with Gasteiger partial charge in [-0.15, -0.1) is 0 Å². The van der Waals surface area contributed by atoms with E-state index in [1.807, 2.05) is 42.5 Å². The number of pyridine rings is 1. The molecule has 1 N–H and O–H groups in total. The molecule has 7 heteroatoms. The van der Waals surface area contributed by atoms with Gasteiger partial charge in [0, 0.05) is 26.2 Å². The summed E-state index contributed by atoms with van der Waals surface area (Å²) in [5.41, 5.74) is 2.64. The van der Waals surface area contributed by atoms with Crippen molar-refractivity contribution in [2.75, 3.05) is 36.5 Å². The van der Waals surface area contributed by atoms with Gasteiger partial charge in [-0.05, 0) is 29.3 Å². The first kappa shape index (κ1) is 19.1. The van der Waals surface area contributed by atoms with E-state index in [0.29, 0.717) is 18.9 Å². The summed E-state index contributed by atoms with van der Waals surface area (Å²) in [6.07, 6.45) is 5.49. The lowest BCUT2D eigenvalue weighted by molar-refractivity contribution is -0.129. The van der Waals surface area contributed by atoms with Crippen LogP contribution in [0, 0.1) is 0 Å². The van der Waals surface area contributed by atoms with Gasteiger partial charge in [-0.2, -0.15) is 0 Å². The average molecular weight is 392 g/mol. The first-order valence-electron chi connectivity index (χ1n) is 9.76. The second kappa shape index (κ2) is 8.45. The lowest BCUT2D eigenvalue weighted by Gasteiger charge is -2.32. The monoisotopic (exact) mass is 392 g/mol. The Kier molecular flexibility index (Phi) is 5.57. The minimum atomic E-state index is -0.325. The van der Waals surface area contributed by atoms with Gasteiger partial charge >= 0.3 is 0 Å². The highest BCUT2D eigenvalue weighted by Gasteiger charge is 2.28. The summed E-state index contributed by atoms with van der Waals surface area (Å²) in [5.74, 6) is 0.623. The first-order valence-corrected chi connectivity index (χ1v) is 9.76. The Morgan fingerprint density at radius 3 is 2.69 bits per heavy atom. The van der Waals surface area contributed by atoms with Crippen LogP contribution >= 0.6 is 0 Å². The Morgan fingerprint density at radius 1 is 1.17 bits per heavy atom. The summed E-state index contributed by atoms with van der Waals surface area (Å²) in [7, 11) is 0. The zero-order valence-electron chi connectivity index (χ0n) is 16.4. The van der Waals surface area contributed by atoms with Crippen LogP contribution in [0.1, 0.15) is 30.5 Å². The number of hydrogen-bond donors (Lipinski definition) is 1. The van der Waals surface area contributed by atoms with Crippen molar-refractivity contribution in [1.82, 2.24) is 9.88 Å². The number of anilines is 2. The summed E-state index contributed by atoms with van der Waals surface area (Å²) >= 11 is 0. The highest BCUT2D eigenvalue weighted by Crippen LogP contribution is 2.33.